The number of thioether (sulfide) groups is 2. The third kappa shape index (κ3) is 2.72. The standard InChI is InChI=1S/C7H13OS2/c1-6-9-4-3-7(10-6)5-8-2/h7H,3-5H2,1-2H3. The van der Waals surface area contributed by atoms with E-state index in [2.05, 4.69) is 6.92 Å². The van der Waals surface area contributed by atoms with Gasteiger partial charge in [0, 0.05) is 12.4 Å². The van der Waals surface area contributed by atoms with E-state index in [-0.39, 0.29) is 0 Å². The van der Waals surface area contributed by atoms with Crippen LogP contribution in [0.3, 0.4) is 0 Å². The first-order valence-electron chi connectivity index (χ1n) is 3.45. The molecule has 1 heterocycles. The first-order valence-corrected chi connectivity index (χ1v) is 5.31. The lowest BCUT2D eigenvalue weighted by Crippen LogP contribution is -2.16. The van der Waals surface area contributed by atoms with Crippen molar-refractivity contribution in [3.05, 3.63) is 4.58 Å². The van der Waals surface area contributed by atoms with Crippen molar-refractivity contribution in [2.45, 2.75) is 18.6 Å². The van der Waals surface area contributed by atoms with Crippen LogP contribution in [0.25, 0.3) is 0 Å². The van der Waals surface area contributed by atoms with Gasteiger partial charge >= 0.3 is 0 Å². The molecule has 0 aromatic rings. The fraction of sp³-hybridized carbons (Fsp3) is 0.857. The Bertz CT molecular complexity index is 95.6. The summed E-state index contributed by atoms with van der Waals surface area (Å²) in [4.78, 5) is 0. The molecule has 1 atom stereocenters. The second kappa shape index (κ2) is 4.52. The van der Waals surface area contributed by atoms with Crippen molar-refractivity contribution in [1.82, 2.24) is 0 Å². The van der Waals surface area contributed by atoms with Crippen molar-refractivity contribution in [2.75, 3.05) is 19.5 Å². The Kier molecular flexibility index (Phi) is 3.96. The second-order valence-electron chi connectivity index (χ2n) is 2.32. The van der Waals surface area contributed by atoms with E-state index >= 15 is 0 Å². The number of methoxy groups -OCH3 is 1. The molecule has 59 valence electrons. The summed E-state index contributed by atoms with van der Waals surface area (Å²) >= 11 is 3.94. The zero-order valence-electron chi connectivity index (χ0n) is 6.42. The van der Waals surface area contributed by atoms with Gasteiger partial charge in [-0.2, -0.15) is 0 Å². The smallest absolute Gasteiger partial charge is 0.0821 e. The van der Waals surface area contributed by atoms with Crippen molar-refractivity contribution in [2.24, 2.45) is 0 Å². The van der Waals surface area contributed by atoms with Gasteiger partial charge in [-0.3, -0.25) is 0 Å². The Morgan fingerprint density at radius 2 is 2.50 bits per heavy atom. The normalized spacial score (nSPS) is 28.8. The number of hydrogen-bond donors (Lipinski definition) is 0. The zero-order chi connectivity index (χ0) is 7.40. The zero-order valence-corrected chi connectivity index (χ0v) is 8.06. The van der Waals surface area contributed by atoms with Gasteiger partial charge in [0.1, 0.15) is 0 Å². The molecule has 1 nitrogen and oxygen atoms in total. The van der Waals surface area contributed by atoms with Crippen LogP contribution in [-0.2, 0) is 4.74 Å². The maximum absolute atomic E-state index is 5.09. The highest BCUT2D eigenvalue weighted by molar-refractivity contribution is 8.21. The van der Waals surface area contributed by atoms with Gasteiger partial charge in [0.25, 0.3) is 0 Å². The Hall–Kier alpha value is 0.660. The predicted octanol–water partition coefficient (Wildman–Crippen LogP) is 2.38. The number of hydrogen-bond acceptors (Lipinski definition) is 3. The van der Waals surface area contributed by atoms with Gasteiger partial charge in [0.05, 0.1) is 11.2 Å². The molecule has 0 saturated carbocycles. The highest BCUT2D eigenvalue weighted by Gasteiger charge is 2.19. The summed E-state index contributed by atoms with van der Waals surface area (Å²) in [5.41, 5.74) is 0. The average molecular weight is 177 g/mol. The van der Waals surface area contributed by atoms with Crippen molar-refractivity contribution < 1.29 is 4.74 Å². The molecular weight excluding hydrogens is 164 g/mol. The van der Waals surface area contributed by atoms with E-state index in [4.69, 9.17) is 4.74 Å². The van der Waals surface area contributed by atoms with Gasteiger partial charge in [-0.1, -0.05) is 0 Å². The summed E-state index contributed by atoms with van der Waals surface area (Å²) < 4.78 is 6.58. The Balaban J connectivity index is 2.18. The van der Waals surface area contributed by atoms with Gasteiger partial charge in [-0.25, -0.2) is 0 Å². The lowest BCUT2D eigenvalue weighted by Gasteiger charge is -2.24. The summed E-state index contributed by atoms with van der Waals surface area (Å²) in [5.74, 6) is 1.27. The van der Waals surface area contributed by atoms with E-state index in [1.54, 1.807) is 7.11 Å². The van der Waals surface area contributed by atoms with Gasteiger partial charge in [-0.15, -0.1) is 23.5 Å². The minimum absolute atomic E-state index is 0.714. The summed E-state index contributed by atoms with van der Waals surface area (Å²) in [5, 5.41) is 0.714. The molecule has 0 spiro atoms. The van der Waals surface area contributed by atoms with E-state index in [1.165, 1.54) is 16.8 Å². The van der Waals surface area contributed by atoms with Gasteiger partial charge < -0.3 is 4.74 Å². The minimum atomic E-state index is 0.714. The molecule has 0 aromatic carbocycles. The number of rotatable bonds is 2. The van der Waals surface area contributed by atoms with Crippen LogP contribution < -0.4 is 0 Å². The molecule has 1 saturated heterocycles. The molecule has 0 aromatic heterocycles. The van der Waals surface area contributed by atoms with Crippen molar-refractivity contribution in [1.29, 1.82) is 0 Å². The summed E-state index contributed by atoms with van der Waals surface area (Å²) in [6, 6.07) is 0. The predicted molar refractivity (Wildman–Crippen MR) is 49.2 cm³/mol. The molecule has 0 aliphatic carbocycles. The molecule has 1 unspecified atom stereocenters. The minimum Gasteiger partial charge on any atom is -0.384 e. The van der Waals surface area contributed by atoms with E-state index in [9.17, 15) is 0 Å². The highest BCUT2D eigenvalue weighted by atomic mass is 32.2. The summed E-state index contributed by atoms with van der Waals surface area (Å²) in [7, 11) is 1.78. The topological polar surface area (TPSA) is 9.23 Å². The molecular formula is C7H13OS2. The van der Waals surface area contributed by atoms with E-state index in [0.29, 0.717) is 5.25 Å². The Morgan fingerprint density at radius 1 is 1.70 bits per heavy atom. The van der Waals surface area contributed by atoms with Gasteiger partial charge in [0.15, 0.2) is 0 Å². The van der Waals surface area contributed by atoms with E-state index < -0.39 is 0 Å². The number of ether oxygens (including phenoxy) is 1. The quantitative estimate of drug-likeness (QED) is 0.641. The molecule has 0 N–H and O–H groups in total. The Labute approximate surface area is 71.3 Å². The third-order valence-corrected chi connectivity index (χ3v) is 3.96. The molecule has 3 heteroatoms. The molecule has 1 fully saturated rings. The van der Waals surface area contributed by atoms with Crippen molar-refractivity contribution in [3.63, 3.8) is 0 Å². The van der Waals surface area contributed by atoms with Crippen LogP contribution in [0.4, 0.5) is 0 Å². The molecule has 1 aliphatic rings. The lowest BCUT2D eigenvalue weighted by atomic mass is 10.3. The van der Waals surface area contributed by atoms with Gasteiger partial charge in [0.2, 0.25) is 0 Å². The summed E-state index contributed by atoms with van der Waals surface area (Å²) in [6.45, 7) is 3.10. The van der Waals surface area contributed by atoms with E-state index in [1.807, 2.05) is 23.5 Å². The first kappa shape index (κ1) is 8.75. The van der Waals surface area contributed by atoms with Crippen LogP contribution in [0, 0.1) is 4.58 Å². The Morgan fingerprint density at radius 3 is 3.10 bits per heavy atom. The highest BCUT2D eigenvalue weighted by Crippen LogP contribution is 2.41. The largest absolute Gasteiger partial charge is 0.384 e. The first-order chi connectivity index (χ1) is 4.83. The van der Waals surface area contributed by atoms with Crippen LogP contribution in [0.2, 0.25) is 0 Å². The fourth-order valence-electron chi connectivity index (χ4n) is 0.965. The molecule has 1 rings (SSSR count). The molecule has 0 amide bonds. The van der Waals surface area contributed by atoms with Crippen molar-refractivity contribution >= 4 is 23.5 Å². The monoisotopic (exact) mass is 177 g/mol. The van der Waals surface area contributed by atoms with Crippen LogP contribution in [-0.4, -0.2) is 24.7 Å². The van der Waals surface area contributed by atoms with Crippen LogP contribution >= 0.6 is 23.5 Å². The fourth-order valence-corrected chi connectivity index (χ4v) is 3.64. The van der Waals surface area contributed by atoms with Crippen LogP contribution in [0.1, 0.15) is 13.3 Å². The van der Waals surface area contributed by atoms with Crippen LogP contribution in [0.15, 0.2) is 0 Å². The van der Waals surface area contributed by atoms with Crippen molar-refractivity contribution in [3.8, 4) is 0 Å². The van der Waals surface area contributed by atoms with E-state index in [0.717, 1.165) is 6.61 Å². The van der Waals surface area contributed by atoms with Gasteiger partial charge in [-0.05, 0) is 19.1 Å². The molecule has 10 heavy (non-hydrogen) atoms. The summed E-state index contributed by atoms with van der Waals surface area (Å²) in [6.07, 6.45) is 1.29. The maximum atomic E-state index is 5.09. The lowest BCUT2D eigenvalue weighted by molar-refractivity contribution is 0.198. The average Bonchev–Trinajstić information content (AvgIpc) is 1.88. The second-order valence-corrected chi connectivity index (χ2v) is 5.41. The maximum Gasteiger partial charge on any atom is 0.0821 e. The van der Waals surface area contributed by atoms with Crippen LogP contribution in [0.5, 0.6) is 0 Å². The SMILES string of the molecule is COCC1CCS[C](C)S1. The molecule has 1 aliphatic heterocycles. The molecule has 1 radical (unpaired) electrons. The third-order valence-electron chi connectivity index (χ3n) is 1.43. The molecule has 0 bridgehead atoms.